The van der Waals surface area contributed by atoms with Crippen molar-refractivity contribution in [3.63, 3.8) is 0 Å². The summed E-state index contributed by atoms with van der Waals surface area (Å²) in [4.78, 5) is 44.1. The van der Waals surface area contributed by atoms with Gasteiger partial charge in [-0.25, -0.2) is 4.98 Å². The van der Waals surface area contributed by atoms with Gasteiger partial charge in [-0.05, 0) is 56.3 Å². The Morgan fingerprint density at radius 3 is 2.60 bits per heavy atom. The van der Waals surface area contributed by atoms with Gasteiger partial charge in [-0.2, -0.15) is 0 Å². The van der Waals surface area contributed by atoms with Crippen molar-refractivity contribution in [3.8, 4) is 17.1 Å². The molecule has 1 aliphatic heterocycles. The minimum atomic E-state index is -0.629. The number of H-pyrrole nitrogens is 1. The number of aromatic amines is 1. The molecule has 0 saturated heterocycles. The summed E-state index contributed by atoms with van der Waals surface area (Å²) in [6.07, 6.45) is 1.46. The number of fused-ring (bicyclic) bond motifs is 1. The van der Waals surface area contributed by atoms with Crippen LogP contribution in [0.25, 0.3) is 11.4 Å². The molecule has 2 N–H and O–H groups in total. The number of carbonyl (C=O) groups excluding carboxylic acids is 2. The summed E-state index contributed by atoms with van der Waals surface area (Å²) in [7, 11) is 0. The van der Waals surface area contributed by atoms with Gasteiger partial charge < -0.3 is 15.0 Å². The molecule has 0 aliphatic carbocycles. The first-order valence-corrected chi connectivity index (χ1v) is 9.62. The van der Waals surface area contributed by atoms with Crippen LogP contribution in [0.15, 0.2) is 53.5 Å². The van der Waals surface area contributed by atoms with Crippen molar-refractivity contribution >= 4 is 29.0 Å². The molecule has 2 heterocycles. The molecular formula is C22H18ClN3O4. The lowest BCUT2D eigenvalue weighted by atomic mass is 9.93. The third kappa shape index (κ3) is 3.97. The average Bonchev–Trinajstić information content (AvgIpc) is 2.68. The molecule has 0 fully saturated rings. The number of nitrogens with one attached hydrogen (secondary N) is 2. The predicted octanol–water partition coefficient (Wildman–Crippen LogP) is 4.09. The van der Waals surface area contributed by atoms with Crippen molar-refractivity contribution < 1.29 is 14.3 Å². The van der Waals surface area contributed by atoms with E-state index in [1.54, 1.807) is 42.5 Å². The maximum Gasteiger partial charge on any atom is 0.264 e. The van der Waals surface area contributed by atoms with E-state index < -0.39 is 17.1 Å². The Labute approximate surface area is 177 Å². The van der Waals surface area contributed by atoms with Crippen molar-refractivity contribution in [1.29, 1.82) is 0 Å². The fraction of sp³-hybridized carbons (Fsp3) is 0.182. The second-order valence-electron chi connectivity index (χ2n) is 7.61. The molecule has 0 radical (unpaired) electrons. The van der Waals surface area contributed by atoms with Crippen molar-refractivity contribution in [3.05, 3.63) is 75.2 Å². The van der Waals surface area contributed by atoms with E-state index in [9.17, 15) is 14.4 Å². The van der Waals surface area contributed by atoms with Crippen LogP contribution in [-0.4, -0.2) is 27.3 Å². The standard InChI is InChI=1S/C22H18ClN3O4/c1-22(2)10-17(27)15-9-14(7-8-18(15)30-22)25-20(28)16-11-24-19(26-21(16)29)12-3-5-13(23)6-4-12/h3-9,11H,10H2,1-2H3,(H,25,28)(H,24,26,29). The highest BCUT2D eigenvalue weighted by Crippen LogP contribution is 2.34. The van der Waals surface area contributed by atoms with Gasteiger partial charge in [-0.3, -0.25) is 14.4 Å². The van der Waals surface area contributed by atoms with E-state index in [0.717, 1.165) is 0 Å². The molecule has 0 saturated carbocycles. The first-order chi connectivity index (χ1) is 14.2. The van der Waals surface area contributed by atoms with Gasteiger partial charge in [0.2, 0.25) is 0 Å². The number of anilines is 1. The molecule has 0 spiro atoms. The molecule has 7 nitrogen and oxygen atoms in total. The SMILES string of the molecule is CC1(C)CC(=O)c2cc(NC(=O)c3cnc(-c4ccc(Cl)cc4)[nH]c3=O)ccc2O1. The molecule has 1 aromatic heterocycles. The van der Waals surface area contributed by atoms with E-state index in [-0.39, 0.29) is 17.8 Å². The summed E-state index contributed by atoms with van der Waals surface area (Å²) in [5.41, 5.74) is 0.161. The number of ketones is 1. The van der Waals surface area contributed by atoms with Gasteiger partial charge in [-0.1, -0.05) is 11.6 Å². The van der Waals surface area contributed by atoms with Gasteiger partial charge in [0.25, 0.3) is 11.5 Å². The second-order valence-corrected chi connectivity index (χ2v) is 8.04. The lowest BCUT2D eigenvalue weighted by Crippen LogP contribution is -2.35. The molecule has 152 valence electrons. The molecule has 1 aliphatic rings. The minimum Gasteiger partial charge on any atom is -0.487 e. The fourth-order valence-electron chi connectivity index (χ4n) is 3.24. The van der Waals surface area contributed by atoms with Crippen LogP contribution in [0.3, 0.4) is 0 Å². The number of ether oxygens (including phenoxy) is 1. The van der Waals surface area contributed by atoms with Gasteiger partial charge in [0.1, 0.15) is 22.7 Å². The quantitative estimate of drug-likeness (QED) is 0.660. The first kappa shape index (κ1) is 19.8. The molecule has 0 bridgehead atoms. The summed E-state index contributed by atoms with van der Waals surface area (Å²) in [6.45, 7) is 3.69. The second kappa shape index (κ2) is 7.42. The van der Waals surface area contributed by atoms with Crippen LogP contribution < -0.4 is 15.6 Å². The zero-order chi connectivity index (χ0) is 21.5. The van der Waals surface area contributed by atoms with E-state index >= 15 is 0 Å². The number of carbonyl (C=O) groups is 2. The Kier molecular flexibility index (Phi) is 4.91. The van der Waals surface area contributed by atoms with Crippen LogP contribution in [0.2, 0.25) is 5.02 Å². The van der Waals surface area contributed by atoms with Crippen LogP contribution in [0, 0.1) is 0 Å². The van der Waals surface area contributed by atoms with Crippen LogP contribution in [-0.2, 0) is 0 Å². The summed E-state index contributed by atoms with van der Waals surface area (Å²) in [5, 5.41) is 3.20. The fourth-order valence-corrected chi connectivity index (χ4v) is 3.37. The highest BCUT2D eigenvalue weighted by molar-refractivity contribution is 6.30. The Hall–Kier alpha value is -3.45. The third-order valence-electron chi connectivity index (χ3n) is 4.67. The van der Waals surface area contributed by atoms with Crippen LogP contribution in [0.4, 0.5) is 5.69 Å². The Morgan fingerprint density at radius 1 is 1.17 bits per heavy atom. The largest absolute Gasteiger partial charge is 0.487 e. The summed E-state index contributed by atoms with van der Waals surface area (Å²) in [6, 6.07) is 11.6. The van der Waals surface area contributed by atoms with Crippen molar-refractivity contribution in [2.45, 2.75) is 25.9 Å². The summed E-state index contributed by atoms with van der Waals surface area (Å²) in [5.74, 6) is 0.105. The Bertz CT molecular complexity index is 1220. The number of Topliss-reactive ketones (excluding diaryl/α,β-unsaturated/α-hetero) is 1. The highest BCUT2D eigenvalue weighted by atomic mass is 35.5. The zero-order valence-electron chi connectivity index (χ0n) is 16.3. The van der Waals surface area contributed by atoms with Gasteiger partial charge >= 0.3 is 0 Å². The number of nitrogens with zero attached hydrogens (tertiary/aromatic N) is 1. The predicted molar refractivity (Wildman–Crippen MR) is 113 cm³/mol. The molecule has 3 aromatic rings. The van der Waals surface area contributed by atoms with Crippen molar-refractivity contribution in [2.24, 2.45) is 0 Å². The molecule has 1 amide bonds. The maximum absolute atomic E-state index is 12.6. The summed E-state index contributed by atoms with van der Waals surface area (Å²) >= 11 is 5.87. The Balaban J connectivity index is 1.56. The van der Waals surface area contributed by atoms with E-state index in [2.05, 4.69) is 15.3 Å². The van der Waals surface area contributed by atoms with E-state index in [1.165, 1.54) is 6.20 Å². The molecular weight excluding hydrogens is 406 g/mol. The lowest BCUT2D eigenvalue weighted by molar-refractivity contribution is 0.0620. The highest BCUT2D eigenvalue weighted by Gasteiger charge is 2.32. The number of amides is 1. The smallest absolute Gasteiger partial charge is 0.264 e. The number of hydrogen-bond donors (Lipinski definition) is 2. The third-order valence-corrected chi connectivity index (χ3v) is 4.92. The van der Waals surface area contributed by atoms with E-state index in [1.807, 2.05) is 13.8 Å². The number of aromatic nitrogens is 2. The molecule has 0 atom stereocenters. The molecule has 2 aromatic carbocycles. The van der Waals surface area contributed by atoms with Crippen molar-refractivity contribution in [1.82, 2.24) is 9.97 Å². The normalized spacial score (nSPS) is 14.6. The van der Waals surface area contributed by atoms with E-state index in [4.69, 9.17) is 16.3 Å². The van der Waals surface area contributed by atoms with E-state index in [0.29, 0.717) is 33.4 Å². The minimum absolute atomic E-state index is 0.0656. The van der Waals surface area contributed by atoms with Gasteiger partial charge in [0, 0.05) is 22.5 Å². The number of benzene rings is 2. The monoisotopic (exact) mass is 423 g/mol. The molecule has 4 rings (SSSR count). The number of halogens is 1. The number of rotatable bonds is 3. The Morgan fingerprint density at radius 2 is 1.90 bits per heavy atom. The molecule has 8 heteroatoms. The van der Waals surface area contributed by atoms with Gasteiger partial charge in [0.15, 0.2) is 5.78 Å². The van der Waals surface area contributed by atoms with Gasteiger partial charge in [0.05, 0.1) is 12.0 Å². The van der Waals surface area contributed by atoms with Crippen molar-refractivity contribution in [2.75, 3.05) is 5.32 Å². The van der Waals surface area contributed by atoms with Crippen LogP contribution >= 0.6 is 11.6 Å². The first-order valence-electron chi connectivity index (χ1n) is 9.25. The molecule has 30 heavy (non-hydrogen) atoms. The van der Waals surface area contributed by atoms with Crippen LogP contribution in [0.5, 0.6) is 5.75 Å². The lowest BCUT2D eigenvalue weighted by Gasteiger charge is -2.31. The number of hydrogen-bond acceptors (Lipinski definition) is 5. The molecule has 0 unspecified atom stereocenters. The summed E-state index contributed by atoms with van der Waals surface area (Å²) < 4.78 is 5.81. The topological polar surface area (TPSA) is 101 Å². The zero-order valence-corrected chi connectivity index (χ0v) is 17.0. The van der Waals surface area contributed by atoms with Gasteiger partial charge in [-0.15, -0.1) is 0 Å². The van der Waals surface area contributed by atoms with Crippen LogP contribution in [0.1, 0.15) is 41.0 Å². The average molecular weight is 424 g/mol. The maximum atomic E-state index is 12.6.